The van der Waals surface area contributed by atoms with Crippen molar-refractivity contribution in [2.45, 2.75) is 31.2 Å². The number of sulfonamides is 1. The van der Waals surface area contributed by atoms with Gasteiger partial charge in [-0.2, -0.15) is 0 Å². The lowest BCUT2D eigenvalue weighted by molar-refractivity contribution is 0.169. The highest BCUT2D eigenvalue weighted by Crippen LogP contribution is 2.21. The second-order valence-electron chi connectivity index (χ2n) is 7.03. The van der Waals surface area contributed by atoms with Crippen LogP contribution in [-0.2, 0) is 16.6 Å². The first-order valence-electron chi connectivity index (χ1n) is 8.92. The second-order valence-corrected chi connectivity index (χ2v) is 9.57. The van der Waals surface area contributed by atoms with Gasteiger partial charge in [0.15, 0.2) is 0 Å². The van der Waals surface area contributed by atoms with Gasteiger partial charge in [-0.1, -0.05) is 40.9 Å². The number of halogens is 2. The molecule has 1 aliphatic rings. The summed E-state index contributed by atoms with van der Waals surface area (Å²) >= 11 is 11.9. The zero-order chi connectivity index (χ0) is 19.4. The molecule has 1 aliphatic heterocycles. The molecule has 0 spiro atoms. The Bertz CT molecular complexity index is 868. The molecule has 0 bridgehead atoms. The summed E-state index contributed by atoms with van der Waals surface area (Å²) in [7, 11) is -3.48. The zero-order valence-electron chi connectivity index (χ0n) is 15.2. The second kappa shape index (κ2) is 8.88. The number of likely N-dealkylation sites (tertiary alicyclic amines) is 1. The van der Waals surface area contributed by atoms with E-state index in [9.17, 15) is 8.42 Å². The number of benzene rings is 1. The number of aromatic nitrogens is 1. The normalized spacial score (nSPS) is 18.6. The van der Waals surface area contributed by atoms with E-state index in [0.717, 1.165) is 43.6 Å². The number of nitrogens with one attached hydrogen (secondary N) is 1. The molecular weight excluding hydrogens is 405 g/mol. The zero-order valence-corrected chi connectivity index (χ0v) is 17.5. The van der Waals surface area contributed by atoms with E-state index >= 15 is 0 Å². The van der Waals surface area contributed by atoms with Gasteiger partial charge >= 0.3 is 0 Å². The molecule has 2 aromatic rings. The topological polar surface area (TPSA) is 62.3 Å². The van der Waals surface area contributed by atoms with Gasteiger partial charge < -0.3 is 0 Å². The maximum atomic E-state index is 12.5. The predicted molar refractivity (Wildman–Crippen MR) is 109 cm³/mol. The Morgan fingerprint density at radius 2 is 1.85 bits per heavy atom. The lowest BCUT2D eigenvalue weighted by Crippen LogP contribution is -2.40. The van der Waals surface area contributed by atoms with Crippen molar-refractivity contribution >= 4 is 33.2 Å². The first-order chi connectivity index (χ1) is 12.8. The summed E-state index contributed by atoms with van der Waals surface area (Å²) in [6, 6.07) is 10.5. The van der Waals surface area contributed by atoms with E-state index in [1.54, 1.807) is 12.1 Å². The van der Waals surface area contributed by atoms with Crippen molar-refractivity contribution < 1.29 is 8.42 Å². The maximum absolute atomic E-state index is 12.5. The molecule has 1 saturated heterocycles. The van der Waals surface area contributed by atoms with Crippen LogP contribution in [0.5, 0.6) is 0 Å². The van der Waals surface area contributed by atoms with Gasteiger partial charge in [0.2, 0.25) is 10.0 Å². The number of rotatable bonds is 6. The number of nitrogens with zero attached hydrogens (tertiary/aromatic N) is 2. The lowest BCUT2D eigenvalue weighted by atomic mass is 9.98. The molecular formula is C19H23Cl2N3O2S. The molecule has 1 atom stereocenters. The molecule has 1 aromatic heterocycles. The summed E-state index contributed by atoms with van der Waals surface area (Å²) in [5.74, 6) is 0.270. The van der Waals surface area contributed by atoms with Crippen LogP contribution in [0.15, 0.2) is 41.3 Å². The Kier molecular flexibility index (Phi) is 6.76. The summed E-state index contributed by atoms with van der Waals surface area (Å²) < 4.78 is 27.7. The van der Waals surface area contributed by atoms with Gasteiger partial charge in [0, 0.05) is 19.6 Å². The fourth-order valence-electron chi connectivity index (χ4n) is 3.35. The Morgan fingerprint density at radius 3 is 2.52 bits per heavy atom. The predicted octanol–water partition coefficient (Wildman–Crippen LogP) is 3.89. The van der Waals surface area contributed by atoms with Crippen molar-refractivity contribution in [2.24, 2.45) is 5.92 Å². The van der Waals surface area contributed by atoms with Crippen molar-refractivity contribution in [3.05, 3.63) is 57.8 Å². The fraction of sp³-hybridized carbons (Fsp3) is 0.421. The highest BCUT2D eigenvalue weighted by molar-refractivity contribution is 7.89. The van der Waals surface area contributed by atoms with Crippen molar-refractivity contribution in [1.82, 2.24) is 14.6 Å². The average molecular weight is 428 g/mol. The smallest absolute Gasteiger partial charge is 0.240 e. The first kappa shape index (κ1) is 20.6. The molecule has 146 valence electrons. The third-order valence-corrected chi connectivity index (χ3v) is 6.55. The molecule has 0 radical (unpaired) electrons. The molecule has 0 saturated carbocycles. The van der Waals surface area contributed by atoms with Crippen LogP contribution >= 0.6 is 23.2 Å². The van der Waals surface area contributed by atoms with Crippen molar-refractivity contribution in [2.75, 3.05) is 19.6 Å². The van der Waals surface area contributed by atoms with Crippen LogP contribution in [0.3, 0.4) is 0 Å². The Balaban J connectivity index is 1.57. The SMILES string of the molecule is Cc1ccc(S(=O)(=O)NCC2CCCN(Cc3cc(Cl)nc(Cl)c3)C2)cc1. The van der Waals surface area contributed by atoms with E-state index in [1.807, 2.05) is 31.2 Å². The minimum absolute atomic E-state index is 0.270. The molecule has 1 N–H and O–H groups in total. The number of hydrogen-bond donors (Lipinski definition) is 1. The number of hydrogen-bond acceptors (Lipinski definition) is 4. The quantitative estimate of drug-likeness (QED) is 0.710. The molecule has 1 unspecified atom stereocenters. The molecule has 2 heterocycles. The maximum Gasteiger partial charge on any atom is 0.240 e. The standard InChI is InChI=1S/C19H23Cl2N3O2S/c1-14-4-6-17(7-5-14)27(25,26)22-11-15-3-2-8-24(12-15)13-16-9-18(20)23-19(21)10-16/h4-7,9-10,15,22H,2-3,8,11-13H2,1H3. The summed E-state index contributed by atoms with van der Waals surface area (Å²) in [5.41, 5.74) is 2.05. The van der Waals surface area contributed by atoms with Crippen LogP contribution in [0.1, 0.15) is 24.0 Å². The van der Waals surface area contributed by atoms with Gasteiger partial charge in [0.1, 0.15) is 10.3 Å². The molecule has 3 rings (SSSR count). The van der Waals surface area contributed by atoms with Gasteiger partial charge in [-0.3, -0.25) is 4.90 Å². The highest BCUT2D eigenvalue weighted by Gasteiger charge is 2.23. The van der Waals surface area contributed by atoms with Crippen LogP contribution in [0.25, 0.3) is 0 Å². The fourth-order valence-corrected chi connectivity index (χ4v) is 4.98. The highest BCUT2D eigenvalue weighted by atomic mass is 35.5. The largest absolute Gasteiger partial charge is 0.299 e. The molecule has 0 amide bonds. The van der Waals surface area contributed by atoms with Crippen LogP contribution in [0.2, 0.25) is 10.3 Å². The number of aryl methyl sites for hydroxylation is 1. The number of piperidine rings is 1. The third kappa shape index (κ3) is 5.90. The van der Waals surface area contributed by atoms with E-state index in [1.165, 1.54) is 0 Å². The summed E-state index contributed by atoms with van der Waals surface area (Å²) in [6.45, 7) is 4.89. The van der Waals surface area contributed by atoms with E-state index in [4.69, 9.17) is 23.2 Å². The molecule has 1 fully saturated rings. The summed E-state index contributed by atoms with van der Waals surface area (Å²) in [4.78, 5) is 6.58. The Hall–Kier alpha value is -1.18. The summed E-state index contributed by atoms with van der Waals surface area (Å²) in [5, 5.41) is 0.772. The molecule has 8 heteroatoms. The van der Waals surface area contributed by atoms with Gasteiger partial charge in [0.25, 0.3) is 0 Å². The van der Waals surface area contributed by atoms with Crippen LogP contribution in [0, 0.1) is 12.8 Å². The minimum atomic E-state index is -3.48. The molecule has 0 aliphatic carbocycles. The van der Waals surface area contributed by atoms with Gasteiger partial charge in [-0.15, -0.1) is 0 Å². The molecule has 1 aromatic carbocycles. The Labute approximate surface area is 170 Å². The van der Waals surface area contributed by atoms with Crippen LogP contribution in [0.4, 0.5) is 0 Å². The van der Waals surface area contributed by atoms with Gasteiger partial charge in [-0.25, -0.2) is 18.1 Å². The third-order valence-electron chi connectivity index (χ3n) is 4.73. The number of pyridine rings is 1. The van der Waals surface area contributed by atoms with E-state index in [-0.39, 0.29) is 5.92 Å². The van der Waals surface area contributed by atoms with Crippen molar-refractivity contribution in [1.29, 1.82) is 0 Å². The molecule has 5 nitrogen and oxygen atoms in total. The first-order valence-corrected chi connectivity index (χ1v) is 11.2. The van der Waals surface area contributed by atoms with Crippen molar-refractivity contribution in [3.63, 3.8) is 0 Å². The lowest BCUT2D eigenvalue weighted by Gasteiger charge is -2.32. The van der Waals surface area contributed by atoms with Crippen molar-refractivity contribution in [3.8, 4) is 0 Å². The minimum Gasteiger partial charge on any atom is -0.299 e. The molecule has 27 heavy (non-hydrogen) atoms. The van der Waals surface area contributed by atoms with E-state index in [0.29, 0.717) is 21.7 Å². The Morgan fingerprint density at radius 1 is 1.19 bits per heavy atom. The summed E-state index contributed by atoms with van der Waals surface area (Å²) in [6.07, 6.45) is 2.04. The van der Waals surface area contributed by atoms with Gasteiger partial charge in [-0.05, 0) is 62.1 Å². The van der Waals surface area contributed by atoms with Gasteiger partial charge in [0.05, 0.1) is 4.90 Å². The van der Waals surface area contributed by atoms with Crippen LogP contribution in [-0.4, -0.2) is 37.9 Å². The monoisotopic (exact) mass is 427 g/mol. The average Bonchev–Trinajstić information content (AvgIpc) is 2.60. The van der Waals surface area contributed by atoms with Crippen LogP contribution < -0.4 is 4.72 Å². The van der Waals surface area contributed by atoms with E-state index < -0.39 is 10.0 Å². The van der Waals surface area contributed by atoms with E-state index in [2.05, 4.69) is 14.6 Å².